The Balaban J connectivity index is 1.26. The zero-order valence-electron chi connectivity index (χ0n) is 16.7. The van der Waals surface area contributed by atoms with E-state index in [1.807, 2.05) is 82.8 Å². The fourth-order valence-corrected chi connectivity index (χ4v) is 4.37. The van der Waals surface area contributed by atoms with Crippen molar-refractivity contribution in [3.63, 3.8) is 0 Å². The van der Waals surface area contributed by atoms with E-state index >= 15 is 0 Å². The average molecular weight is 437 g/mol. The van der Waals surface area contributed by atoms with Gasteiger partial charge in [0.05, 0.1) is 17.6 Å². The number of carbonyl (C=O) groups is 1. The average Bonchev–Trinajstić information content (AvgIpc) is 3.55. The SMILES string of the molecule is O=C(Nc1ccc(-c2cn3ccsc3n2)cc1)c1cnn2c(-c3ccccc3)ccnc12. The Morgan fingerprint density at radius 3 is 2.62 bits per heavy atom. The van der Waals surface area contributed by atoms with E-state index in [0.717, 1.165) is 27.5 Å². The third-order valence-corrected chi connectivity index (χ3v) is 6.02. The van der Waals surface area contributed by atoms with E-state index in [0.29, 0.717) is 16.9 Å². The molecule has 0 aliphatic rings. The summed E-state index contributed by atoms with van der Waals surface area (Å²) < 4.78 is 3.69. The van der Waals surface area contributed by atoms with Crippen molar-refractivity contribution < 1.29 is 4.79 Å². The number of aromatic nitrogens is 5. The summed E-state index contributed by atoms with van der Waals surface area (Å²) in [7, 11) is 0. The molecule has 0 unspecified atom stereocenters. The minimum absolute atomic E-state index is 0.257. The van der Waals surface area contributed by atoms with Gasteiger partial charge in [0.15, 0.2) is 10.6 Å². The van der Waals surface area contributed by atoms with Gasteiger partial charge in [0.1, 0.15) is 5.56 Å². The zero-order chi connectivity index (χ0) is 21.5. The molecule has 0 radical (unpaired) electrons. The number of thiazole rings is 1. The highest BCUT2D eigenvalue weighted by Gasteiger charge is 2.16. The van der Waals surface area contributed by atoms with Crippen LogP contribution in [0.15, 0.2) is 90.8 Å². The molecule has 4 aromatic heterocycles. The molecule has 2 aromatic carbocycles. The van der Waals surface area contributed by atoms with Crippen molar-refractivity contribution in [2.24, 2.45) is 0 Å². The Hall–Kier alpha value is -4.30. The molecule has 0 fully saturated rings. The van der Waals surface area contributed by atoms with Crippen molar-refractivity contribution in [1.29, 1.82) is 0 Å². The minimum Gasteiger partial charge on any atom is -0.322 e. The van der Waals surface area contributed by atoms with Crippen molar-refractivity contribution in [2.45, 2.75) is 0 Å². The van der Waals surface area contributed by atoms with Gasteiger partial charge < -0.3 is 5.32 Å². The highest BCUT2D eigenvalue weighted by molar-refractivity contribution is 7.15. The molecule has 6 rings (SSSR count). The number of amides is 1. The first kappa shape index (κ1) is 18.5. The lowest BCUT2D eigenvalue weighted by molar-refractivity contribution is 0.102. The highest BCUT2D eigenvalue weighted by atomic mass is 32.1. The molecule has 0 aliphatic heterocycles. The van der Waals surface area contributed by atoms with E-state index in [-0.39, 0.29) is 5.91 Å². The van der Waals surface area contributed by atoms with Crippen molar-refractivity contribution in [2.75, 3.05) is 5.32 Å². The van der Waals surface area contributed by atoms with Crippen molar-refractivity contribution in [1.82, 2.24) is 24.0 Å². The number of benzene rings is 2. The lowest BCUT2D eigenvalue weighted by atomic mass is 10.1. The Labute approximate surface area is 186 Å². The Kier molecular flexibility index (Phi) is 4.29. The first-order chi connectivity index (χ1) is 15.8. The van der Waals surface area contributed by atoms with E-state index in [1.165, 1.54) is 0 Å². The van der Waals surface area contributed by atoms with Gasteiger partial charge in [0.25, 0.3) is 5.91 Å². The number of hydrogen-bond donors (Lipinski definition) is 1. The number of imidazole rings is 1. The third kappa shape index (κ3) is 3.14. The first-order valence-corrected chi connectivity index (χ1v) is 10.9. The molecule has 154 valence electrons. The van der Waals surface area contributed by atoms with Gasteiger partial charge in [-0.05, 0) is 18.2 Å². The summed E-state index contributed by atoms with van der Waals surface area (Å²) in [6, 6.07) is 19.4. The molecular formula is C24H16N6OS. The van der Waals surface area contributed by atoms with Crippen molar-refractivity contribution in [3.8, 4) is 22.5 Å². The molecule has 6 aromatic rings. The van der Waals surface area contributed by atoms with E-state index in [9.17, 15) is 4.79 Å². The van der Waals surface area contributed by atoms with Crippen LogP contribution in [0.2, 0.25) is 0 Å². The van der Waals surface area contributed by atoms with Gasteiger partial charge in [0.2, 0.25) is 0 Å². The molecule has 0 saturated heterocycles. The number of nitrogens with zero attached hydrogens (tertiary/aromatic N) is 5. The maximum absolute atomic E-state index is 13.0. The molecule has 7 nitrogen and oxygen atoms in total. The summed E-state index contributed by atoms with van der Waals surface area (Å²) >= 11 is 1.59. The number of fused-ring (bicyclic) bond motifs is 2. The number of nitrogens with one attached hydrogen (secondary N) is 1. The summed E-state index contributed by atoms with van der Waals surface area (Å²) in [5.41, 5.74) is 5.39. The largest absolute Gasteiger partial charge is 0.322 e. The Bertz CT molecular complexity index is 1530. The van der Waals surface area contributed by atoms with Crippen LogP contribution in [0, 0.1) is 0 Å². The number of hydrogen-bond acceptors (Lipinski definition) is 5. The molecule has 0 bridgehead atoms. The van der Waals surface area contributed by atoms with Gasteiger partial charge in [0, 0.05) is 40.8 Å². The quantitative estimate of drug-likeness (QED) is 0.421. The van der Waals surface area contributed by atoms with Crippen molar-refractivity contribution >= 4 is 33.5 Å². The Morgan fingerprint density at radius 2 is 1.81 bits per heavy atom. The molecule has 0 spiro atoms. The molecule has 0 saturated carbocycles. The van der Waals surface area contributed by atoms with Crippen LogP contribution in [0.1, 0.15) is 10.4 Å². The van der Waals surface area contributed by atoms with Crippen LogP contribution in [0.4, 0.5) is 5.69 Å². The number of rotatable bonds is 4. The molecular weight excluding hydrogens is 420 g/mol. The smallest absolute Gasteiger partial charge is 0.261 e. The monoisotopic (exact) mass is 436 g/mol. The van der Waals surface area contributed by atoms with Gasteiger partial charge >= 0.3 is 0 Å². The molecule has 4 heterocycles. The fourth-order valence-electron chi connectivity index (χ4n) is 3.67. The number of carbonyl (C=O) groups excluding carboxylic acids is 1. The van der Waals surface area contributed by atoms with E-state index in [2.05, 4.69) is 20.4 Å². The maximum Gasteiger partial charge on any atom is 0.261 e. The first-order valence-electron chi connectivity index (χ1n) is 9.98. The van der Waals surface area contributed by atoms with Gasteiger partial charge in [-0.25, -0.2) is 14.5 Å². The second-order valence-corrected chi connectivity index (χ2v) is 8.11. The molecule has 8 heteroatoms. The summed E-state index contributed by atoms with van der Waals surface area (Å²) in [6.07, 6.45) is 7.23. The summed E-state index contributed by atoms with van der Waals surface area (Å²) in [4.78, 5) is 22.9. The molecule has 0 atom stereocenters. The molecule has 1 N–H and O–H groups in total. The maximum atomic E-state index is 13.0. The minimum atomic E-state index is -0.257. The number of anilines is 1. The van der Waals surface area contributed by atoms with Gasteiger partial charge in [-0.1, -0.05) is 42.5 Å². The van der Waals surface area contributed by atoms with Crippen LogP contribution in [-0.4, -0.2) is 29.9 Å². The third-order valence-electron chi connectivity index (χ3n) is 5.25. The Morgan fingerprint density at radius 1 is 0.969 bits per heavy atom. The predicted molar refractivity (Wildman–Crippen MR) is 125 cm³/mol. The lowest BCUT2D eigenvalue weighted by Crippen LogP contribution is -2.12. The van der Waals surface area contributed by atoms with E-state index in [4.69, 9.17) is 0 Å². The molecule has 0 aliphatic carbocycles. The van der Waals surface area contributed by atoms with Crippen LogP contribution in [0.5, 0.6) is 0 Å². The lowest BCUT2D eigenvalue weighted by Gasteiger charge is -2.06. The predicted octanol–water partition coefficient (Wildman–Crippen LogP) is 5.02. The molecule has 1 amide bonds. The van der Waals surface area contributed by atoms with Gasteiger partial charge in [-0.2, -0.15) is 5.10 Å². The summed E-state index contributed by atoms with van der Waals surface area (Å²) in [6.45, 7) is 0. The van der Waals surface area contributed by atoms with Crippen LogP contribution in [-0.2, 0) is 0 Å². The van der Waals surface area contributed by atoms with Gasteiger partial charge in [-0.15, -0.1) is 11.3 Å². The topological polar surface area (TPSA) is 76.6 Å². The van der Waals surface area contributed by atoms with Gasteiger partial charge in [-0.3, -0.25) is 9.20 Å². The van der Waals surface area contributed by atoms with E-state index in [1.54, 1.807) is 28.2 Å². The normalized spacial score (nSPS) is 11.2. The molecule has 32 heavy (non-hydrogen) atoms. The standard InChI is InChI=1S/C24H16N6OS/c31-23(19-14-26-30-21(10-11-25-22(19)30)17-4-2-1-3-5-17)27-18-8-6-16(7-9-18)20-15-29-12-13-32-24(29)28-20/h1-15H,(H,27,31). The zero-order valence-corrected chi connectivity index (χ0v) is 17.5. The van der Waals surface area contributed by atoms with Crippen LogP contribution in [0.3, 0.4) is 0 Å². The summed E-state index contributed by atoms with van der Waals surface area (Å²) in [5, 5.41) is 9.35. The van der Waals surface area contributed by atoms with Crippen LogP contribution >= 0.6 is 11.3 Å². The van der Waals surface area contributed by atoms with Crippen LogP contribution in [0.25, 0.3) is 33.1 Å². The highest BCUT2D eigenvalue weighted by Crippen LogP contribution is 2.24. The summed E-state index contributed by atoms with van der Waals surface area (Å²) in [5.74, 6) is -0.257. The second kappa shape index (κ2) is 7.44. The second-order valence-electron chi connectivity index (χ2n) is 7.24. The van der Waals surface area contributed by atoms with E-state index < -0.39 is 0 Å². The van der Waals surface area contributed by atoms with Crippen LogP contribution < -0.4 is 5.32 Å². The fraction of sp³-hybridized carbons (Fsp3) is 0. The van der Waals surface area contributed by atoms with Crippen molar-refractivity contribution in [3.05, 3.63) is 96.4 Å².